The van der Waals surface area contributed by atoms with E-state index in [4.69, 9.17) is 0 Å². The van der Waals surface area contributed by atoms with Crippen LogP contribution in [0.1, 0.15) is 22.6 Å². The quantitative estimate of drug-likeness (QED) is 0.165. The maximum absolute atomic E-state index is 2.38. The van der Waals surface area contributed by atoms with Gasteiger partial charge in [0.1, 0.15) is 0 Å². The molecule has 0 aliphatic heterocycles. The molecule has 1 aliphatic carbocycles. The van der Waals surface area contributed by atoms with Crippen molar-refractivity contribution in [2.24, 2.45) is 0 Å². The lowest BCUT2D eigenvalue weighted by Gasteiger charge is -2.27. The summed E-state index contributed by atoms with van der Waals surface area (Å²) in [5.41, 5.74) is 17.1. The highest BCUT2D eigenvalue weighted by Gasteiger charge is 2.29. The highest BCUT2D eigenvalue weighted by atomic mass is 15.1. The van der Waals surface area contributed by atoms with E-state index in [0.29, 0.717) is 0 Å². The van der Waals surface area contributed by atoms with E-state index in [0.717, 1.165) is 28.4 Å². The molecular formula is C55H37N3. The number of rotatable bonds is 6. The number of fused-ring (bicyclic) bond motifs is 9. The molecule has 9 aromatic carbocycles. The van der Waals surface area contributed by atoms with Crippen molar-refractivity contribution in [2.45, 2.75) is 5.92 Å². The first-order valence-corrected chi connectivity index (χ1v) is 20.1. The third kappa shape index (κ3) is 4.93. The van der Waals surface area contributed by atoms with E-state index in [9.17, 15) is 0 Å². The molecule has 0 spiro atoms. The number of hydrogen-bond donors (Lipinski definition) is 0. The molecule has 58 heavy (non-hydrogen) atoms. The standard InChI is InChI=1S/C55H37N3/c1-3-19-49-43(13-1)44-14-2-4-20-50(44)55(49)37-25-27-38(28-26-37)56(39-29-33-41(34-30-39)57-51-21-9-5-15-45(51)46-16-6-10-22-52(46)57)40-31-35-42(36-32-40)58-53-23-11-7-17-47(53)48-18-8-12-24-54(48)58/h1-36,55H. The molecule has 2 heterocycles. The summed E-state index contributed by atoms with van der Waals surface area (Å²) in [5, 5.41) is 5.05. The van der Waals surface area contributed by atoms with Gasteiger partial charge in [-0.25, -0.2) is 0 Å². The van der Waals surface area contributed by atoms with E-state index in [1.165, 1.54) is 71.4 Å². The number of aromatic nitrogens is 2. The SMILES string of the molecule is c1ccc2c(c1)-c1ccccc1C2c1ccc(N(c2ccc(-n3c4ccccc4c4ccccc43)cc2)c2ccc(-n3c4ccccc4c4ccccc43)cc2)cc1. The van der Waals surface area contributed by atoms with Crippen molar-refractivity contribution in [3.8, 4) is 22.5 Å². The lowest BCUT2D eigenvalue weighted by molar-refractivity contribution is 1.01. The van der Waals surface area contributed by atoms with Gasteiger partial charge in [-0.2, -0.15) is 0 Å². The number of para-hydroxylation sites is 4. The second-order valence-electron chi connectivity index (χ2n) is 15.3. The molecule has 3 heteroatoms. The summed E-state index contributed by atoms with van der Waals surface area (Å²) < 4.78 is 4.76. The second-order valence-corrected chi connectivity index (χ2v) is 15.3. The van der Waals surface area contributed by atoms with Gasteiger partial charge in [0.2, 0.25) is 0 Å². The monoisotopic (exact) mass is 739 g/mol. The molecule has 0 amide bonds. The van der Waals surface area contributed by atoms with Crippen LogP contribution in [0.5, 0.6) is 0 Å². The largest absolute Gasteiger partial charge is 0.311 e. The van der Waals surface area contributed by atoms with Gasteiger partial charge in [-0.15, -0.1) is 0 Å². The molecule has 0 bridgehead atoms. The average molecular weight is 740 g/mol. The van der Waals surface area contributed by atoms with Crippen LogP contribution in [0.2, 0.25) is 0 Å². The smallest absolute Gasteiger partial charge is 0.0541 e. The van der Waals surface area contributed by atoms with Crippen LogP contribution < -0.4 is 4.90 Å². The first kappa shape index (κ1) is 32.6. The van der Waals surface area contributed by atoms with Crippen LogP contribution in [0.15, 0.2) is 218 Å². The zero-order valence-electron chi connectivity index (χ0n) is 31.7. The molecular weight excluding hydrogens is 703 g/mol. The van der Waals surface area contributed by atoms with Crippen molar-refractivity contribution in [3.05, 3.63) is 235 Å². The number of anilines is 3. The topological polar surface area (TPSA) is 13.1 Å². The molecule has 0 fully saturated rings. The zero-order valence-corrected chi connectivity index (χ0v) is 31.7. The summed E-state index contributed by atoms with van der Waals surface area (Å²) in [4.78, 5) is 2.38. The Labute approximate surface area is 336 Å². The van der Waals surface area contributed by atoms with Crippen LogP contribution >= 0.6 is 0 Å². The minimum atomic E-state index is 0.200. The average Bonchev–Trinajstić information content (AvgIpc) is 3.93. The van der Waals surface area contributed by atoms with Crippen LogP contribution in [-0.4, -0.2) is 9.13 Å². The molecule has 0 unspecified atom stereocenters. The van der Waals surface area contributed by atoms with Crippen LogP contribution in [0.25, 0.3) is 66.1 Å². The highest BCUT2D eigenvalue weighted by Crippen LogP contribution is 2.48. The van der Waals surface area contributed by atoms with E-state index < -0.39 is 0 Å². The van der Waals surface area contributed by atoms with Crippen LogP contribution in [0.4, 0.5) is 17.1 Å². The van der Waals surface area contributed by atoms with E-state index in [-0.39, 0.29) is 5.92 Å². The third-order valence-electron chi connectivity index (χ3n) is 12.2. The Morgan fingerprint density at radius 1 is 0.293 bits per heavy atom. The molecule has 1 aliphatic rings. The summed E-state index contributed by atoms with van der Waals surface area (Å²) >= 11 is 0. The molecule has 0 N–H and O–H groups in total. The number of hydrogen-bond acceptors (Lipinski definition) is 1. The number of benzene rings is 9. The Hall–Kier alpha value is -7.62. The summed E-state index contributed by atoms with van der Waals surface area (Å²) in [6.07, 6.45) is 0. The second kappa shape index (κ2) is 13.0. The first-order valence-electron chi connectivity index (χ1n) is 20.1. The predicted octanol–water partition coefficient (Wildman–Crippen LogP) is 14.5. The predicted molar refractivity (Wildman–Crippen MR) is 243 cm³/mol. The Bertz CT molecular complexity index is 3020. The minimum Gasteiger partial charge on any atom is -0.311 e. The zero-order chi connectivity index (χ0) is 38.2. The van der Waals surface area contributed by atoms with Crippen LogP contribution in [0.3, 0.4) is 0 Å². The van der Waals surface area contributed by atoms with Crippen molar-refractivity contribution in [2.75, 3.05) is 4.90 Å². The molecule has 2 aromatic heterocycles. The lowest BCUT2D eigenvalue weighted by Crippen LogP contribution is -2.11. The van der Waals surface area contributed by atoms with Crippen molar-refractivity contribution in [1.82, 2.24) is 9.13 Å². The van der Waals surface area contributed by atoms with Gasteiger partial charge in [-0.3, -0.25) is 0 Å². The van der Waals surface area contributed by atoms with Crippen molar-refractivity contribution < 1.29 is 0 Å². The molecule has 0 saturated carbocycles. The van der Waals surface area contributed by atoms with E-state index in [1.54, 1.807) is 0 Å². The third-order valence-corrected chi connectivity index (χ3v) is 12.2. The van der Waals surface area contributed by atoms with Gasteiger partial charge in [0.25, 0.3) is 0 Å². The summed E-state index contributed by atoms with van der Waals surface area (Å²) in [6.45, 7) is 0. The van der Waals surface area contributed by atoms with Crippen molar-refractivity contribution in [1.29, 1.82) is 0 Å². The minimum absolute atomic E-state index is 0.200. The van der Waals surface area contributed by atoms with Gasteiger partial charge in [0, 0.05) is 55.9 Å². The van der Waals surface area contributed by atoms with E-state index in [2.05, 4.69) is 232 Å². The normalized spacial score (nSPS) is 12.4. The molecule has 12 rings (SSSR count). The van der Waals surface area contributed by atoms with Crippen molar-refractivity contribution in [3.63, 3.8) is 0 Å². The van der Waals surface area contributed by atoms with Gasteiger partial charge in [0.05, 0.1) is 22.1 Å². The summed E-state index contributed by atoms with van der Waals surface area (Å²) in [6, 6.07) is 79.8. The molecule has 0 radical (unpaired) electrons. The molecule has 0 saturated heterocycles. The Kier molecular flexibility index (Phi) is 7.29. The van der Waals surface area contributed by atoms with Gasteiger partial charge in [-0.1, -0.05) is 133 Å². The molecule has 11 aromatic rings. The molecule has 0 atom stereocenters. The lowest BCUT2D eigenvalue weighted by atomic mass is 9.89. The van der Waals surface area contributed by atoms with Crippen LogP contribution in [-0.2, 0) is 0 Å². The Balaban J connectivity index is 0.980. The van der Waals surface area contributed by atoms with Crippen molar-refractivity contribution >= 4 is 60.7 Å². The van der Waals surface area contributed by atoms with Gasteiger partial charge in [0.15, 0.2) is 0 Å². The fourth-order valence-electron chi connectivity index (χ4n) is 9.68. The highest BCUT2D eigenvalue weighted by molar-refractivity contribution is 6.10. The van der Waals surface area contributed by atoms with Gasteiger partial charge >= 0.3 is 0 Å². The Morgan fingerprint density at radius 3 is 0.983 bits per heavy atom. The Morgan fingerprint density at radius 2 is 0.603 bits per heavy atom. The first-order chi connectivity index (χ1) is 28.8. The van der Waals surface area contributed by atoms with Crippen LogP contribution in [0, 0.1) is 0 Å². The summed E-state index contributed by atoms with van der Waals surface area (Å²) in [7, 11) is 0. The number of nitrogens with zero attached hydrogens (tertiary/aromatic N) is 3. The van der Waals surface area contributed by atoms with E-state index in [1.807, 2.05) is 0 Å². The van der Waals surface area contributed by atoms with Gasteiger partial charge in [-0.05, 0) is 113 Å². The van der Waals surface area contributed by atoms with E-state index >= 15 is 0 Å². The maximum Gasteiger partial charge on any atom is 0.0541 e. The molecule has 272 valence electrons. The van der Waals surface area contributed by atoms with Gasteiger partial charge < -0.3 is 14.0 Å². The maximum atomic E-state index is 2.38. The molecule has 3 nitrogen and oxygen atoms in total. The summed E-state index contributed by atoms with van der Waals surface area (Å²) in [5.74, 6) is 0.200. The fourth-order valence-corrected chi connectivity index (χ4v) is 9.68. The fraction of sp³-hybridized carbons (Fsp3) is 0.0182.